The van der Waals surface area contributed by atoms with Crippen molar-refractivity contribution in [2.45, 2.75) is 25.3 Å². The van der Waals surface area contributed by atoms with Gasteiger partial charge in [-0.25, -0.2) is 4.79 Å². The second-order valence-corrected chi connectivity index (χ2v) is 6.29. The summed E-state index contributed by atoms with van der Waals surface area (Å²) in [7, 11) is 1.38. The maximum absolute atomic E-state index is 11.2. The van der Waals surface area contributed by atoms with Gasteiger partial charge in [0.15, 0.2) is 0 Å². The largest absolute Gasteiger partial charge is 0.466 e. The maximum atomic E-state index is 11.2. The number of carbonyl (C=O) groups excluding carboxylic acids is 1. The second-order valence-electron chi connectivity index (χ2n) is 6.29. The van der Waals surface area contributed by atoms with Crippen molar-refractivity contribution < 1.29 is 9.53 Å². The summed E-state index contributed by atoms with van der Waals surface area (Å²) in [6.07, 6.45) is 8.50. The predicted molar refractivity (Wildman–Crippen MR) is 99.0 cm³/mol. The molecule has 4 nitrogen and oxygen atoms in total. The first kappa shape index (κ1) is 17.4. The Kier molecular flexibility index (Phi) is 5.96. The first-order chi connectivity index (χ1) is 12.3. The lowest BCUT2D eigenvalue weighted by Gasteiger charge is -2.24. The zero-order valence-electron chi connectivity index (χ0n) is 14.6. The van der Waals surface area contributed by atoms with E-state index in [0.29, 0.717) is 6.04 Å². The fraction of sp³-hybridized carbons (Fsp3) is 0.333. The number of nitrogens with zero attached hydrogens (tertiary/aromatic N) is 2. The van der Waals surface area contributed by atoms with Crippen LogP contribution in [-0.2, 0) is 16.0 Å². The second kappa shape index (κ2) is 8.58. The zero-order chi connectivity index (χ0) is 17.5. The number of likely N-dealkylation sites (tertiary alicyclic amines) is 1. The lowest BCUT2D eigenvalue weighted by atomic mass is 10.0. The Morgan fingerprint density at radius 2 is 2.12 bits per heavy atom. The van der Waals surface area contributed by atoms with E-state index in [9.17, 15) is 4.79 Å². The van der Waals surface area contributed by atoms with E-state index < -0.39 is 0 Å². The topological polar surface area (TPSA) is 42.4 Å². The van der Waals surface area contributed by atoms with Crippen molar-refractivity contribution in [1.82, 2.24) is 9.88 Å². The summed E-state index contributed by atoms with van der Waals surface area (Å²) in [5.41, 5.74) is 3.50. The Labute approximate surface area is 149 Å². The lowest BCUT2D eigenvalue weighted by molar-refractivity contribution is -0.134. The molecule has 130 valence electrons. The molecule has 0 aliphatic carbocycles. The molecule has 1 atom stereocenters. The molecule has 2 heterocycles. The third-order valence-electron chi connectivity index (χ3n) is 4.68. The van der Waals surface area contributed by atoms with Crippen LogP contribution in [0.15, 0.2) is 54.7 Å². The van der Waals surface area contributed by atoms with Gasteiger partial charge in [-0.15, -0.1) is 0 Å². The maximum Gasteiger partial charge on any atom is 0.330 e. The summed E-state index contributed by atoms with van der Waals surface area (Å²) in [6, 6.07) is 15.0. The van der Waals surface area contributed by atoms with Crippen LogP contribution in [0.3, 0.4) is 0 Å². The van der Waals surface area contributed by atoms with Crippen molar-refractivity contribution in [1.29, 1.82) is 0 Å². The number of pyridine rings is 1. The van der Waals surface area contributed by atoms with Crippen LogP contribution in [0.25, 0.3) is 6.08 Å². The number of rotatable bonds is 6. The van der Waals surface area contributed by atoms with Crippen LogP contribution in [-0.4, -0.2) is 36.1 Å². The monoisotopic (exact) mass is 336 g/mol. The first-order valence-electron chi connectivity index (χ1n) is 8.76. The molecule has 0 saturated carbocycles. The minimum Gasteiger partial charge on any atom is -0.466 e. The first-order valence-corrected chi connectivity index (χ1v) is 8.76. The quantitative estimate of drug-likeness (QED) is 0.596. The number of aromatic nitrogens is 1. The van der Waals surface area contributed by atoms with E-state index in [1.165, 1.54) is 31.6 Å². The summed E-state index contributed by atoms with van der Waals surface area (Å²) >= 11 is 0. The highest BCUT2D eigenvalue weighted by Gasteiger charge is 2.25. The van der Waals surface area contributed by atoms with E-state index in [2.05, 4.69) is 45.0 Å². The zero-order valence-corrected chi connectivity index (χ0v) is 14.6. The number of carbonyl (C=O) groups is 1. The Hall–Kier alpha value is -2.46. The predicted octanol–water partition coefficient (Wildman–Crippen LogP) is 3.65. The number of hydrogen-bond donors (Lipinski definition) is 0. The van der Waals surface area contributed by atoms with Gasteiger partial charge in [0.1, 0.15) is 0 Å². The summed E-state index contributed by atoms with van der Waals surface area (Å²) < 4.78 is 4.62. The third kappa shape index (κ3) is 4.77. The van der Waals surface area contributed by atoms with Crippen molar-refractivity contribution in [3.63, 3.8) is 0 Å². The molecule has 0 bridgehead atoms. The summed E-state index contributed by atoms with van der Waals surface area (Å²) in [6.45, 7) is 2.17. The molecule has 25 heavy (non-hydrogen) atoms. The molecule has 0 amide bonds. The number of ether oxygens (including phenoxy) is 1. The minimum atomic E-state index is -0.333. The van der Waals surface area contributed by atoms with Gasteiger partial charge in [-0.2, -0.15) is 0 Å². The number of methoxy groups -OCH3 is 1. The summed E-state index contributed by atoms with van der Waals surface area (Å²) in [5.74, 6) is -0.333. The van der Waals surface area contributed by atoms with E-state index in [4.69, 9.17) is 0 Å². The van der Waals surface area contributed by atoms with Gasteiger partial charge < -0.3 is 4.74 Å². The van der Waals surface area contributed by atoms with Crippen LogP contribution in [0.5, 0.6) is 0 Å². The third-order valence-corrected chi connectivity index (χ3v) is 4.68. The normalized spacial score (nSPS) is 17.9. The molecule has 1 fully saturated rings. The molecule has 3 rings (SSSR count). The molecule has 0 radical (unpaired) electrons. The van der Waals surface area contributed by atoms with Crippen LogP contribution in [0.2, 0.25) is 0 Å². The van der Waals surface area contributed by atoms with Crippen molar-refractivity contribution in [2.24, 2.45) is 0 Å². The summed E-state index contributed by atoms with van der Waals surface area (Å²) in [5, 5.41) is 0. The summed E-state index contributed by atoms with van der Waals surface area (Å²) in [4.78, 5) is 18.1. The van der Waals surface area contributed by atoms with Gasteiger partial charge in [-0.1, -0.05) is 30.3 Å². The molecule has 0 spiro atoms. The van der Waals surface area contributed by atoms with Gasteiger partial charge in [0.2, 0.25) is 0 Å². The Morgan fingerprint density at radius 3 is 2.84 bits per heavy atom. The Bertz CT molecular complexity index is 710. The highest BCUT2D eigenvalue weighted by Crippen LogP contribution is 2.32. The smallest absolute Gasteiger partial charge is 0.330 e. The van der Waals surface area contributed by atoms with Crippen molar-refractivity contribution >= 4 is 12.0 Å². The standard InChI is InChI=1S/C21H24N2O2/c1-25-21(24)12-9-17-7-10-18(11-8-17)20-6-4-15-23(20)16-13-19-5-2-3-14-22-19/h2-3,5,7-12,14,20H,4,6,13,15-16H2,1H3/b12-9+/t20-/m0/s1. The highest BCUT2D eigenvalue weighted by atomic mass is 16.5. The van der Waals surface area contributed by atoms with Crippen molar-refractivity contribution in [3.8, 4) is 0 Å². The molecule has 1 aliphatic rings. The molecule has 1 aromatic heterocycles. The average molecular weight is 336 g/mol. The Morgan fingerprint density at radius 1 is 1.28 bits per heavy atom. The van der Waals surface area contributed by atoms with E-state index in [0.717, 1.165) is 30.8 Å². The van der Waals surface area contributed by atoms with Crippen LogP contribution >= 0.6 is 0 Å². The van der Waals surface area contributed by atoms with Gasteiger partial charge >= 0.3 is 5.97 Å². The molecule has 1 aliphatic heterocycles. The fourth-order valence-electron chi connectivity index (χ4n) is 3.34. The fourth-order valence-corrected chi connectivity index (χ4v) is 3.34. The van der Waals surface area contributed by atoms with Crippen LogP contribution in [0, 0.1) is 0 Å². The van der Waals surface area contributed by atoms with Crippen molar-refractivity contribution in [2.75, 3.05) is 20.2 Å². The molecule has 1 aromatic carbocycles. The molecule has 4 heteroatoms. The average Bonchev–Trinajstić information content (AvgIpc) is 3.14. The number of esters is 1. The van der Waals surface area contributed by atoms with Gasteiger partial charge in [0, 0.05) is 37.0 Å². The lowest BCUT2D eigenvalue weighted by Crippen LogP contribution is -2.25. The molecular weight excluding hydrogens is 312 g/mol. The molecule has 0 unspecified atom stereocenters. The van der Waals surface area contributed by atoms with Crippen LogP contribution in [0.4, 0.5) is 0 Å². The van der Waals surface area contributed by atoms with Gasteiger partial charge in [0.25, 0.3) is 0 Å². The van der Waals surface area contributed by atoms with Gasteiger partial charge in [-0.3, -0.25) is 9.88 Å². The van der Waals surface area contributed by atoms with Gasteiger partial charge in [-0.05, 0) is 48.7 Å². The Balaban J connectivity index is 1.61. The number of benzene rings is 1. The van der Waals surface area contributed by atoms with E-state index in [1.807, 2.05) is 18.3 Å². The highest BCUT2D eigenvalue weighted by molar-refractivity contribution is 5.86. The van der Waals surface area contributed by atoms with E-state index in [-0.39, 0.29) is 5.97 Å². The molecular formula is C21H24N2O2. The van der Waals surface area contributed by atoms with E-state index in [1.54, 1.807) is 6.08 Å². The SMILES string of the molecule is COC(=O)/C=C/c1ccc([C@@H]2CCCN2CCc2ccccn2)cc1. The minimum absolute atomic E-state index is 0.333. The van der Waals surface area contributed by atoms with Crippen LogP contribution < -0.4 is 0 Å². The van der Waals surface area contributed by atoms with Gasteiger partial charge in [0.05, 0.1) is 7.11 Å². The van der Waals surface area contributed by atoms with Crippen molar-refractivity contribution in [3.05, 3.63) is 71.6 Å². The van der Waals surface area contributed by atoms with E-state index >= 15 is 0 Å². The van der Waals surface area contributed by atoms with Crippen LogP contribution in [0.1, 0.15) is 35.7 Å². The number of hydrogen-bond acceptors (Lipinski definition) is 4. The molecule has 2 aromatic rings. The molecule has 1 saturated heterocycles. The molecule has 0 N–H and O–H groups in total.